The zero-order valence-electron chi connectivity index (χ0n) is 21.0. The molecule has 0 amide bonds. The molecule has 0 unspecified atom stereocenters. The van der Waals surface area contributed by atoms with Crippen LogP contribution in [-0.2, 0) is 11.2 Å². The summed E-state index contributed by atoms with van der Waals surface area (Å²) in [5.41, 5.74) is 6.57. The van der Waals surface area contributed by atoms with E-state index in [-0.39, 0.29) is 17.7 Å². The van der Waals surface area contributed by atoms with Crippen molar-refractivity contribution in [1.82, 2.24) is 14.7 Å². The van der Waals surface area contributed by atoms with E-state index in [0.717, 1.165) is 63.4 Å². The molecule has 8 heteroatoms. The van der Waals surface area contributed by atoms with Gasteiger partial charge in [0.1, 0.15) is 11.6 Å². The molecule has 1 aliphatic carbocycles. The summed E-state index contributed by atoms with van der Waals surface area (Å²) >= 11 is 0. The van der Waals surface area contributed by atoms with Crippen molar-refractivity contribution in [2.75, 3.05) is 7.11 Å². The highest BCUT2D eigenvalue weighted by Crippen LogP contribution is 2.38. The molecule has 188 valence electrons. The number of hydrogen-bond donors (Lipinski definition) is 1. The average Bonchev–Trinajstić information content (AvgIpc) is 3.36. The summed E-state index contributed by atoms with van der Waals surface area (Å²) in [4.78, 5) is 16.5. The maximum absolute atomic E-state index is 14.4. The van der Waals surface area contributed by atoms with Gasteiger partial charge in [0.25, 0.3) is 0 Å². The Morgan fingerprint density at radius 3 is 2.53 bits per heavy atom. The van der Waals surface area contributed by atoms with E-state index in [1.54, 1.807) is 6.07 Å². The fourth-order valence-electron chi connectivity index (χ4n) is 5.55. The van der Waals surface area contributed by atoms with E-state index in [2.05, 4.69) is 28.8 Å². The van der Waals surface area contributed by atoms with Crippen LogP contribution < -0.4 is 4.74 Å². The third-order valence-electron chi connectivity index (χ3n) is 7.40. The Morgan fingerprint density at radius 1 is 1.17 bits per heavy atom. The number of aryl methyl sites for hydroxylation is 3. The van der Waals surface area contributed by atoms with E-state index in [1.165, 1.54) is 13.2 Å². The Labute approximate surface area is 208 Å². The molecule has 1 N–H and O–H groups in total. The second kappa shape index (κ2) is 9.41. The number of aromatic nitrogens is 3. The number of benzene rings is 2. The quantitative estimate of drug-likeness (QED) is 0.347. The Bertz CT molecular complexity index is 1430. The van der Waals surface area contributed by atoms with Crippen LogP contribution in [0.3, 0.4) is 0 Å². The molecule has 0 aliphatic heterocycles. The number of imidazole rings is 1. The van der Waals surface area contributed by atoms with Crippen LogP contribution in [0.5, 0.6) is 5.75 Å². The van der Waals surface area contributed by atoms with Gasteiger partial charge >= 0.3 is 5.97 Å². The molecule has 0 spiro atoms. The lowest BCUT2D eigenvalue weighted by Crippen LogP contribution is -2.24. The molecule has 1 fully saturated rings. The van der Waals surface area contributed by atoms with Crippen LogP contribution in [-0.4, -0.2) is 32.9 Å². The highest BCUT2D eigenvalue weighted by Gasteiger charge is 2.29. The normalized spacial score (nSPS) is 18.0. The van der Waals surface area contributed by atoms with E-state index in [0.29, 0.717) is 19.3 Å². The molecule has 0 radical (unpaired) electrons. The van der Waals surface area contributed by atoms with Gasteiger partial charge < -0.3 is 18.9 Å². The Hall–Kier alpha value is -3.68. The monoisotopic (exact) mass is 491 g/mol. The van der Waals surface area contributed by atoms with Gasteiger partial charge in [-0.3, -0.25) is 4.79 Å². The molecule has 1 saturated carbocycles. The lowest BCUT2D eigenvalue weighted by Gasteiger charge is -2.29. The van der Waals surface area contributed by atoms with Crippen LogP contribution in [0.25, 0.3) is 22.2 Å². The molecule has 0 saturated heterocycles. The Morgan fingerprint density at radius 2 is 1.92 bits per heavy atom. The largest absolute Gasteiger partial charge is 0.494 e. The van der Waals surface area contributed by atoms with Gasteiger partial charge in [0.2, 0.25) is 0 Å². The molecular formula is C28H30FN3O4. The molecule has 7 nitrogen and oxygen atoms in total. The second-order valence-corrected chi connectivity index (χ2v) is 9.74. The van der Waals surface area contributed by atoms with E-state index in [1.807, 2.05) is 19.9 Å². The number of fused-ring (bicyclic) bond motifs is 1. The number of carboxylic acid groups (broad SMARTS) is 1. The first-order valence-corrected chi connectivity index (χ1v) is 12.3. The fourth-order valence-corrected chi connectivity index (χ4v) is 5.55. The number of hydrogen-bond acceptors (Lipinski definition) is 5. The summed E-state index contributed by atoms with van der Waals surface area (Å²) in [5.74, 6) is 0.370. The van der Waals surface area contributed by atoms with Gasteiger partial charge in [0.05, 0.1) is 29.8 Å². The third kappa shape index (κ3) is 4.25. The number of rotatable bonds is 6. The minimum absolute atomic E-state index is 0.132. The summed E-state index contributed by atoms with van der Waals surface area (Å²) in [6.07, 6.45) is 3.24. The van der Waals surface area contributed by atoms with Crippen molar-refractivity contribution in [2.24, 2.45) is 5.92 Å². The van der Waals surface area contributed by atoms with Crippen LogP contribution >= 0.6 is 0 Å². The molecule has 4 aromatic rings. The number of nitrogens with zero attached hydrogens (tertiary/aromatic N) is 3. The summed E-state index contributed by atoms with van der Waals surface area (Å²) in [5, 5.41) is 13.6. The van der Waals surface area contributed by atoms with Gasteiger partial charge in [-0.25, -0.2) is 9.37 Å². The maximum Gasteiger partial charge on any atom is 0.306 e. The third-order valence-corrected chi connectivity index (χ3v) is 7.40. The van der Waals surface area contributed by atoms with Gasteiger partial charge in [0, 0.05) is 18.0 Å². The average molecular weight is 492 g/mol. The van der Waals surface area contributed by atoms with E-state index >= 15 is 0 Å². The summed E-state index contributed by atoms with van der Waals surface area (Å²) in [7, 11) is 1.45. The van der Waals surface area contributed by atoms with Crippen LogP contribution in [0.1, 0.15) is 60.1 Å². The predicted octanol–water partition coefficient (Wildman–Crippen LogP) is 6.17. The highest BCUT2D eigenvalue weighted by molar-refractivity contribution is 5.86. The number of carbonyl (C=O) groups is 1. The molecule has 0 atom stereocenters. The van der Waals surface area contributed by atoms with E-state index < -0.39 is 11.8 Å². The molecule has 1 aliphatic rings. The zero-order valence-corrected chi connectivity index (χ0v) is 21.0. The minimum Gasteiger partial charge on any atom is -0.494 e. The SMILES string of the molecule is COc1ccc(Cc2nc3cc(-c4c(C)noc4C)c(C)cc3n2C2CCC(C(=O)O)CC2)cc1F. The lowest BCUT2D eigenvalue weighted by molar-refractivity contribution is -0.143. The number of halogens is 1. The van der Waals surface area contributed by atoms with Crippen LogP contribution in [0.15, 0.2) is 34.9 Å². The molecular weight excluding hydrogens is 461 g/mol. The highest BCUT2D eigenvalue weighted by atomic mass is 19.1. The van der Waals surface area contributed by atoms with Crippen molar-refractivity contribution in [1.29, 1.82) is 0 Å². The number of methoxy groups -OCH3 is 1. The Kier molecular flexibility index (Phi) is 6.28. The van der Waals surface area contributed by atoms with Gasteiger partial charge in [-0.15, -0.1) is 0 Å². The van der Waals surface area contributed by atoms with Gasteiger partial charge in [-0.1, -0.05) is 11.2 Å². The summed E-state index contributed by atoms with van der Waals surface area (Å²) in [6, 6.07) is 9.33. The summed E-state index contributed by atoms with van der Waals surface area (Å²) in [6.45, 7) is 5.90. The molecule has 0 bridgehead atoms. The first kappa shape index (κ1) is 24.0. The first-order chi connectivity index (χ1) is 17.3. The van der Waals surface area contributed by atoms with Crippen molar-refractivity contribution >= 4 is 17.0 Å². The maximum atomic E-state index is 14.4. The van der Waals surface area contributed by atoms with Crippen molar-refractivity contribution in [3.05, 3.63) is 64.6 Å². The zero-order chi connectivity index (χ0) is 25.6. The summed E-state index contributed by atoms with van der Waals surface area (Å²) < 4.78 is 27.2. The first-order valence-electron chi connectivity index (χ1n) is 12.3. The fraction of sp³-hybridized carbons (Fsp3) is 0.393. The van der Waals surface area contributed by atoms with Gasteiger partial charge in [0.15, 0.2) is 11.6 Å². The van der Waals surface area contributed by atoms with Crippen molar-refractivity contribution in [2.45, 2.75) is 58.9 Å². The van der Waals surface area contributed by atoms with Gasteiger partial charge in [-0.05, 0) is 87.4 Å². The lowest BCUT2D eigenvalue weighted by atomic mass is 9.85. The van der Waals surface area contributed by atoms with E-state index in [9.17, 15) is 14.3 Å². The second-order valence-electron chi connectivity index (χ2n) is 9.74. The molecule has 2 aromatic heterocycles. The number of aliphatic carboxylic acids is 1. The predicted molar refractivity (Wildman–Crippen MR) is 134 cm³/mol. The number of ether oxygens (including phenoxy) is 1. The van der Waals surface area contributed by atoms with Crippen molar-refractivity contribution in [3.63, 3.8) is 0 Å². The minimum atomic E-state index is -0.724. The van der Waals surface area contributed by atoms with Crippen molar-refractivity contribution in [3.8, 4) is 16.9 Å². The molecule has 2 heterocycles. The van der Waals surface area contributed by atoms with Crippen LogP contribution in [0, 0.1) is 32.5 Å². The molecule has 5 rings (SSSR count). The molecule has 36 heavy (non-hydrogen) atoms. The molecule has 2 aromatic carbocycles. The van der Waals surface area contributed by atoms with Crippen LogP contribution in [0.4, 0.5) is 4.39 Å². The Balaban J connectivity index is 1.61. The topological polar surface area (TPSA) is 90.4 Å². The van der Waals surface area contributed by atoms with Crippen molar-refractivity contribution < 1.29 is 23.6 Å². The number of carboxylic acids is 1. The van der Waals surface area contributed by atoms with Crippen LogP contribution in [0.2, 0.25) is 0 Å². The standard InChI is InChI=1S/C28H30FN3O4/c1-15-11-24-23(14-21(15)27-16(2)31-36-17(27)3)30-26(13-18-5-10-25(35-4)22(29)12-18)32(24)20-8-6-19(7-9-20)28(33)34/h5,10-12,14,19-20H,6-9,13H2,1-4H3,(H,33,34). The van der Waals surface area contributed by atoms with E-state index in [4.69, 9.17) is 14.2 Å². The van der Waals surface area contributed by atoms with Gasteiger partial charge in [-0.2, -0.15) is 0 Å². The smallest absolute Gasteiger partial charge is 0.306 e.